The summed E-state index contributed by atoms with van der Waals surface area (Å²) in [5.41, 5.74) is 6.20. The predicted molar refractivity (Wildman–Crippen MR) is 112 cm³/mol. The number of hydrogen-bond donors (Lipinski definition) is 0. The van der Waals surface area contributed by atoms with Crippen molar-refractivity contribution in [1.29, 1.82) is 0 Å². The summed E-state index contributed by atoms with van der Waals surface area (Å²) in [7, 11) is 0. The standard InChI is InChI=1S/C23H29N3O2/c1-7-8-27-21-15(4)10-19(11-16(21)5)22-25-23(28-26-22)20-12-18(9-14(2)3)17(6)24-13-20/h10-14H,7-9H2,1-6H3. The van der Waals surface area contributed by atoms with E-state index >= 15 is 0 Å². The van der Waals surface area contributed by atoms with Crippen LogP contribution in [0.15, 0.2) is 28.9 Å². The van der Waals surface area contributed by atoms with E-state index in [2.05, 4.69) is 42.0 Å². The van der Waals surface area contributed by atoms with Gasteiger partial charge in [-0.05, 0) is 74.4 Å². The molecule has 0 saturated carbocycles. The Morgan fingerprint density at radius 3 is 2.39 bits per heavy atom. The summed E-state index contributed by atoms with van der Waals surface area (Å²) in [5.74, 6) is 2.58. The lowest BCUT2D eigenvalue weighted by Gasteiger charge is -2.12. The molecule has 0 amide bonds. The highest BCUT2D eigenvalue weighted by molar-refractivity contribution is 5.63. The van der Waals surface area contributed by atoms with E-state index in [1.54, 1.807) is 6.20 Å². The molecule has 3 aromatic rings. The van der Waals surface area contributed by atoms with E-state index in [1.807, 2.05) is 32.9 Å². The Morgan fingerprint density at radius 1 is 1.04 bits per heavy atom. The molecular weight excluding hydrogens is 350 g/mol. The van der Waals surface area contributed by atoms with Crippen molar-refractivity contribution in [3.63, 3.8) is 0 Å². The zero-order valence-corrected chi connectivity index (χ0v) is 17.7. The molecule has 28 heavy (non-hydrogen) atoms. The van der Waals surface area contributed by atoms with Crippen LogP contribution in [0, 0.1) is 26.7 Å². The topological polar surface area (TPSA) is 61.0 Å². The average Bonchev–Trinajstić information content (AvgIpc) is 3.12. The molecule has 0 aliphatic rings. The van der Waals surface area contributed by atoms with E-state index < -0.39 is 0 Å². The first-order chi connectivity index (χ1) is 13.4. The fourth-order valence-electron chi connectivity index (χ4n) is 3.31. The second-order valence-electron chi connectivity index (χ2n) is 7.78. The molecule has 0 atom stereocenters. The summed E-state index contributed by atoms with van der Waals surface area (Å²) in [6, 6.07) is 6.20. The van der Waals surface area contributed by atoms with Gasteiger partial charge in [-0.1, -0.05) is 25.9 Å². The number of rotatable bonds is 7. The van der Waals surface area contributed by atoms with Gasteiger partial charge >= 0.3 is 0 Å². The maximum absolute atomic E-state index is 5.87. The lowest BCUT2D eigenvalue weighted by atomic mass is 10.0. The van der Waals surface area contributed by atoms with E-state index in [-0.39, 0.29) is 0 Å². The zero-order chi connectivity index (χ0) is 20.3. The van der Waals surface area contributed by atoms with Gasteiger partial charge in [-0.15, -0.1) is 0 Å². The van der Waals surface area contributed by atoms with Crippen molar-refractivity contribution in [2.75, 3.05) is 6.61 Å². The van der Waals surface area contributed by atoms with Gasteiger partial charge in [0.2, 0.25) is 5.82 Å². The third-order valence-corrected chi connectivity index (χ3v) is 4.66. The Kier molecular flexibility index (Phi) is 6.12. The van der Waals surface area contributed by atoms with Crippen LogP contribution in [0.25, 0.3) is 22.8 Å². The summed E-state index contributed by atoms with van der Waals surface area (Å²) in [6.45, 7) is 13.4. The van der Waals surface area contributed by atoms with Gasteiger partial charge in [0.15, 0.2) is 0 Å². The molecule has 5 nitrogen and oxygen atoms in total. The first-order valence-electron chi connectivity index (χ1n) is 9.93. The number of hydrogen-bond acceptors (Lipinski definition) is 5. The van der Waals surface area contributed by atoms with Crippen LogP contribution in [0.4, 0.5) is 0 Å². The molecule has 0 fully saturated rings. The summed E-state index contributed by atoms with van der Waals surface area (Å²) in [4.78, 5) is 9.13. The second kappa shape index (κ2) is 8.55. The van der Waals surface area contributed by atoms with Crippen LogP contribution < -0.4 is 4.74 Å². The van der Waals surface area contributed by atoms with Crippen LogP contribution in [0.2, 0.25) is 0 Å². The Balaban J connectivity index is 1.90. The number of pyridine rings is 1. The monoisotopic (exact) mass is 379 g/mol. The molecule has 0 saturated heterocycles. The minimum Gasteiger partial charge on any atom is -0.493 e. The van der Waals surface area contributed by atoms with E-state index in [0.717, 1.165) is 46.5 Å². The number of aromatic nitrogens is 3. The molecule has 5 heteroatoms. The molecule has 0 unspecified atom stereocenters. The SMILES string of the molecule is CCCOc1c(C)cc(-c2noc(-c3cnc(C)c(CC(C)C)c3)n2)cc1C. The molecule has 0 spiro atoms. The third-order valence-electron chi connectivity index (χ3n) is 4.66. The van der Waals surface area contributed by atoms with Crippen molar-refractivity contribution < 1.29 is 9.26 Å². The quantitative estimate of drug-likeness (QED) is 0.526. The molecule has 0 aliphatic carbocycles. The van der Waals surface area contributed by atoms with Gasteiger partial charge in [-0.3, -0.25) is 4.98 Å². The van der Waals surface area contributed by atoms with Crippen LogP contribution in [0.1, 0.15) is 49.6 Å². The van der Waals surface area contributed by atoms with E-state index in [0.29, 0.717) is 24.2 Å². The summed E-state index contributed by atoms with van der Waals surface area (Å²) < 4.78 is 11.4. The summed E-state index contributed by atoms with van der Waals surface area (Å²) in [6.07, 6.45) is 3.76. The maximum Gasteiger partial charge on any atom is 0.259 e. The largest absolute Gasteiger partial charge is 0.493 e. The van der Waals surface area contributed by atoms with Gasteiger partial charge in [0.05, 0.1) is 12.2 Å². The average molecular weight is 380 g/mol. The van der Waals surface area contributed by atoms with Gasteiger partial charge < -0.3 is 9.26 Å². The van der Waals surface area contributed by atoms with E-state index in [1.165, 1.54) is 5.56 Å². The maximum atomic E-state index is 5.87. The first-order valence-corrected chi connectivity index (χ1v) is 9.93. The normalized spacial score (nSPS) is 11.2. The van der Waals surface area contributed by atoms with Crippen molar-refractivity contribution in [3.05, 3.63) is 46.8 Å². The van der Waals surface area contributed by atoms with Crippen molar-refractivity contribution in [2.45, 2.75) is 54.4 Å². The Morgan fingerprint density at radius 2 is 1.75 bits per heavy atom. The number of nitrogens with zero attached hydrogens (tertiary/aromatic N) is 3. The Hall–Kier alpha value is -2.69. The lowest BCUT2D eigenvalue weighted by molar-refractivity contribution is 0.313. The number of benzene rings is 1. The smallest absolute Gasteiger partial charge is 0.259 e. The van der Waals surface area contributed by atoms with Gasteiger partial charge in [-0.25, -0.2) is 0 Å². The van der Waals surface area contributed by atoms with Gasteiger partial charge in [0.1, 0.15) is 5.75 Å². The molecule has 0 radical (unpaired) electrons. The zero-order valence-electron chi connectivity index (χ0n) is 17.7. The first kappa shape index (κ1) is 20.1. The second-order valence-corrected chi connectivity index (χ2v) is 7.78. The molecule has 0 aliphatic heterocycles. The Labute approximate surface area is 167 Å². The molecule has 2 heterocycles. The van der Waals surface area contributed by atoms with Crippen molar-refractivity contribution in [2.24, 2.45) is 5.92 Å². The lowest BCUT2D eigenvalue weighted by Crippen LogP contribution is -2.00. The van der Waals surface area contributed by atoms with Crippen molar-refractivity contribution >= 4 is 0 Å². The highest BCUT2D eigenvalue weighted by Crippen LogP contribution is 2.30. The minimum atomic E-state index is 0.495. The van der Waals surface area contributed by atoms with Crippen LogP contribution in [-0.4, -0.2) is 21.7 Å². The highest BCUT2D eigenvalue weighted by atomic mass is 16.5. The molecule has 2 aromatic heterocycles. The minimum absolute atomic E-state index is 0.495. The molecule has 0 N–H and O–H groups in total. The highest BCUT2D eigenvalue weighted by Gasteiger charge is 2.15. The third kappa shape index (κ3) is 4.41. The summed E-state index contributed by atoms with van der Waals surface area (Å²) in [5, 5.41) is 4.20. The van der Waals surface area contributed by atoms with Crippen molar-refractivity contribution in [3.8, 4) is 28.6 Å². The van der Waals surface area contributed by atoms with Gasteiger partial charge in [-0.2, -0.15) is 4.98 Å². The fourth-order valence-corrected chi connectivity index (χ4v) is 3.31. The van der Waals surface area contributed by atoms with E-state index in [4.69, 9.17) is 9.26 Å². The molecule has 3 rings (SSSR count). The molecule has 148 valence electrons. The molecule has 1 aromatic carbocycles. The number of aryl methyl sites for hydroxylation is 3. The summed E-state index contributed by atoms with van der Waals surface area (Å²) >= 11 is 0. The van der Waals surface area contributed by atoms with Crippen LogP contribution in [0.3, 0.4) is 0 Å². The number of ether oxygens (including phenoxy) is 1. The van der Waals surface area contributed by atoms with Gasteiger partial charge in [0, 0.05) is 17.5 Å². The van der Waals surface area contributed by atoms with Crippen LogP contribution in [-0.2, 0) is 6.42 Å². The molecular formula is C23H29N3O2. The van der Waals surface area contributed by atoms with Gasteiger partial charge in [0.25, 0.3) is 5.89 Å². The van der Waals surface area contributed by atoms with E-state index in [9.17, 15) is 0 Å². The van der Waals surface area contributed by atoms with Crippen LogP contribution in [0.5, 0.6) is 5.75 Å². The Bertz CT molecular complexity index is 937. The predicted octanol–water partition coefficient (Wildman–Crippen LogP) is 5.71. The molecule has 0 bridgehead atoms. The van der Waals surface area contributed by atoms with Crippen LogP contribution >= 0.6 is 0 Å². The van der Waals surface area contributed by atoms with Crippen molar-refractivity contribution in [1.82, 2.24) is 15.1 Å². The fraction of sp³-hybridized carbons (Fsp3) is 0.435.